The van der Waals surface area contributed by atoms with Crippen LogP contribution in [0.1, 0.15) is 33.1 Å². The monoisotopic (exact) mass is 185 g/mol. The molecule has 0 aromatic rings. The number of hydrogen-bond donors (Lipinski definition) is 2. The molecular weight excluding hydrogens is 166 g/mol. The van der Waals surface area contributed by atoms with Gasteiger partial charge in [0, 0.05) is 6.54 Å². The van der Waals surface area contributed by atoms with Crippen molar-refractivity contribution >= 4 is 5.91 Å². The summed E-state index contributed by atoms with van der Waals surface area (Å²) in [5, 5.41) is 11.7. The molecule has 1 fully saturated rings. The lowest BCUT2D eigenvalue weighted by atomic mass is 10.1. The summed E-state index contributed by atoms with van der Waals surface area (Å²) in [7, 11) is 0. The minimum absolute atomic E-state index is 0.250. The first-order chi connectivity index (χ1) is 6.09. The minimum atomic E-state index is -0.876. The smallest absolute Gasteiger partial charge is 0.248 e. The number of carbonyl (C=O) groups is 1. The summed E-state index contributed by atoms with van der Waals surface area (Å²) >= 11 is 0. The number of aliphatic hydroxyl groups excluding tert-OH is 1. The summed E-state index contributed by atoms with van der Waals surface area (Å²) in [4.78, 5) is 11.0. The second-order valence-corrected chi connectivity index (χ2v) is 4.21. The van der Waals surface area contributed by atoms with E-state index >= 15 is 0 Å². The normalized spacial score (nSPS) is 30.1. The average Bonchev–Trinajstić information content (AvgIpc) is 2.47. The van der Waals surface area contributed by atoms with E-state index < -0.39 is 6.10 Å². The molecule has 2 N–H and O–H groups in total. The first-order valence-electron chi connectivity index (χ1n) is 5.05. The molecule has 13 heavy (non-hydrogen) atoms. The number of carbonyl (C=O) groups excluding carboxylic acids is 1. The minimum Gasteiger partial charge on any atom is -0.384 e. The first kappa shape index (κ1) is 10.5. The molecule has 0 bridgehead atoms. The van der Waals surface area contributed by atoms with E-state index in [2.05, 4.69) is 12.2 Å². The molecule has 76 valence electrons. The lowest BCUT2D eigenvalue weighted by Crippen LogP contribution is -2.35. The molecule has 1 rings (SSSR count). The Bertz CT molecular complexity index is 180. The molecule has 1 aliphatic carbocycles. The molecule has 1 amide bonds. The first-order valence-corrected chi connectivity index (χ1v) is 5.05. The van der Waals surface area contributed by atoms with Crippen LogP contribution in [0.4, 0.5) is 0 Å². The van der Waals surface area contributed by atoms with Crippen LogP contribution in [0.2, 0.25) is 0 Å². The number of hydrogen-bond acceptors (Lipinski definition) is 2. The Balaban J connectivity index is 2.16. The van der Waals surface area contributed by atoms with Crippen molar-refractivity contribution in [3.05, 3.63) is 0 Å². The van der Waals surface area contributed by atoms with Gasteiger partial charge in [-0.2, -0.15) is 0 Å². The van der Waals surface area contributed by atoms with Crippen LogP contribution in [0.15, 0.2) is 0 Å². The van der Waals surface area contributed by atoms with Gasteiger partial charge in [0.15, 0.2) is 0 Å². The van der Waals surface area contributed by atoms with Crippen molar-refractivity contribution in [3.63, 3.8) is 0 Å². The number of rotatable bonds is 3. The van der Waals surface area contributed by atoms with Crippen LogP contribution in [0.5, 0.6) is 0 Å². The van der Waals surface area contributed by atoms with Crippen LogP contribution < -0.4 is 5.32 Å². The van der Waals surface area contributed by atoms with Gasteiger partial charge in [0.05, 0.1) is 0 Å². The maximum Gasteiger partial charge on any atom is 0.248 e. The van der Waals surface area contributed by atoms with Crippen LogP contribution in [0.25, 0.3) is 0 Å². The second kappa shape index (κ2) is 4.61. The van der Waals surface area contributed by atoms with Crippen LogP contribution >= 0.6 is 0 Å². The van der Waals surface area contributed by atoms with Gasteiger partial charge in [-0.3, -0.25) is 4.79 Å². The van der Waals surface area contributed by atoms with E-state index in [1.807, 2.05) is 0 Å². The van der Waals surface area contributed by atoms with Crippen molar-refractivity contribution in [2.75, 3.05) is 6.54 Å². The maximum absolute atomic E-state index is 11.0. The lowest BCUT2D eigenvalue weighted by Gasteiger charge is -2.11. The van der Waals surface area contributed by atoms with Crippen molar-refractivity contribution in [1.29, 1.82) is 0 Å². The summed E-state index contributed by atoms with van der Waals surface area (Å²) in [5.41, 5.74) is 0. The highest BCUT2D eigenvalue weighted by atomic mass is 16.3. The Morgan fingerprint density at radius 3 is 2.77 bits per heavy atom. The van der Waals surface area contributed by atoms with Gasteiger partial charge < -0.3 is 10.4 Å². The third-order valence-electron chi connectivity index (χ3n) is 2.75. The van der Waals surface area contributed by atoms with E-state index in [9.17, 15) is 4.79 Å². The van der Waals surface area contributed by atoms with Gasteiger partial charge in [0.25, 0.3) is 0 Å². The predicted molar refractivity (Wildman–Crippen MR) is 51.2 cm³/mol. The van der Waals surface area contributed by atoms with Gasteiger partial charge in [-0.25, -0.2) is 0 Å². The number of aliphatic hydroxyl groups is 1. The molecule has 3 nitrogen and oxygen atoms in total. The molecular formula is C10H19NO2. The van der Waals surface area contributed by atoms with E-state index in [1.165, 1.54) is 26.2 Å². The zero-order chi connectivity index (χ0) is 9.84. The fourth-order valence-electron chi connectivity index (χ4n) is 1.90. The van der Waals surface area contributed by atoms with Gasteiger partial charge in [-0.15, -0.1) is 0 Å². The highest BCUT2D eigenvalue weighted by Gasteiger charge is 2.21. The van der Waals surface area contributed by atoms with Crippen LogP contribution in [-0.2, 0) is 4.79 Å². The van der Waals surface area contributed by atoms with Gasteiger partial charge in [-0.1, -0.05) is 13.3 Å². The summed E-state index contributed by atoms with van der Waals surface area (Å²) < 4.78 is 0. The molecule has 1 aliphatic rings. The molecule has 0 aromatic carbocycles. The number of amides is 1. The van der Waals surface area contributed by atoms with Gasteiger partial charge >= 0.3 is 0 Å². The quantitative estimate of drug-likeness (QED) is 0.687. The highest BCUT2D eigenvalue weighted by molar-refractivity contribution is 5.79. The Morgan fingerprint density at radius 1 is 1.62 bits per heavy atom. The summed E-state index contributed by atoms with van der Waals surface area (Å²) in [6.07, 6.45) is 2.81. The van der Waals surface area contributed by atoms with E-state index in [0.29, 0.717) is 5.92 Å². The van der Waals surface area contributed by atoms with E-state index in [0.717, 1.165) is 12.5 Å². The maximum atomic E-state index is 11.0. The van der Waals surface area contributed by atoms with Crippen molar-refractivity contribution < 1.29 is 9.90 Å². The standard InChI is InChI=1S/C10H19NO2/c1-7-3-4-9(5-7)6-11-10(13)8(2)12/h7-9,12H,3-6H2,1-2H3,(H,11,13)/t7?,8-,9?/m0/s1. The van der Waals surface area contributed by atoms with Gasteiger partial charge in [0.2, 0.25) is 5.91 Å². The summed E-state index contributed by atoms with van der Waals surface area (Å²) in [6, 6.07) is 0. The second-order valence-electron chi connectivity index (χ2n) is 4.21. The van der Waals surface area contributed by atoms with Gasteiger partial charge in [-0.05, 0) is 31.6 Å². The highest BCUT2D eigenvalue weighted by Crippen LogP contribution is 2.29. The molecule has 3 atom stereocenters. The largest absolute Gasteiger partial charge is 0.384 e. The molecule has 0 radical (unpaired) electrons. The van der Waals surface area contributed by atoms with Crippen LogP contribution in [0.3, 0.4) is 0 Å². The third-order valence-corrected chi connectivity index (χ3v) is 2.75. The third kappa shape index (κ3) is 3.35. The van der Waals surface area contributed by atoms with E-state index in [-0.39, 0.29) is 5.91 Å². The molecule has 1 saturated carbocycles. The Labute approximate surface area is 79.5 Å². The fourth-order valence-corrected chi connectivity index (χ4v) is 1.90. The SMILES string of the molecule is CC1CCC(CNC(=O)[C@H](C)O)C1. The lowest BCUT2D eigenvalue weighted by molar-refractivity contribution is -0.128. The molecule has 2 unspecified atom stereocenters. The van der Waals surface area contributed by atoms with Crippen molar-refractivity contribution in [2.24, 2.45) is 11.8 Å². The van der Waals surface area contributed by atoms with E-state index in [1.54, 1.807) is 0 Å². The van der Waals surface area contributed by atoms with Gasteiger partial charge in [0.1, 0.15) is 6.10 Å². The molecule has 0 aromatic heterocycles. The van der Waals surface area contributed by atoms with E-state index in [4.69, 9.17) is 5.11 Å². The fraction of sp³-hybridized carbons (Fsp3) is 0.900. The Hall–Kier alpha value is -0.570. The molecule has 3 heteroatoms. The van der Waals surface area contributed by atoms with Crippen molar-refractivity contribution in [1.82, 2.24) is 5.32 Å². The molecule has 0 spiro atoms. The Morgan fingerprint density at radius 2 is 2.31 bits per heavy atom. The number of nitrogens with one attached hydrogen (secondary N) is 1. The zero-order valence-corrected chi connectivity index (χ0v) is 8.42. The predicted octanol–water partition coefficient (Wildman–Crippen LogP) is 0.920. The topological polar surface area (TPSA) is 49.3 Å². The molecule has 0 heterocycles. The molecule has 0 saturated heterocycles. The summed E-state index contributed by atoms with van der Waals surface area (Å²) in [5.74, 6) is 1.17. The average molecular weight is 185 g/mol. The van der Waals surface area contributed by atoms with Crippen LogP contribution in [0, 0.1) is 11.8 Å². The van der Waals surface area contributed by atoms with Crippen molar-refractivity contribution in [2.45, 2.75) is 39.2 Å². The molecule has 0 aliphatic heterocycles. The van der Waals surface area contributed by atoms with Crippen molar-refractivity contribution in [3.8, 4) is 0 Å². The van der Waals surface area contributed by atoms with Crippen LogP contribution in [-0.4, -0.2) is 23.7 Å². The zero-order valence-electron chi connectivity index (χ0n) is 8.42. The Kier molecular flexibility index (Phi) is 3.72. The summed E-state index contributed by atoms with van der Waals surface area (Å²) in [6.45, 7) is 4.47.